The van der Waals surface area contributed by atoms with E-state index in [1.54, 1.807) is 45.6 Å². The highest BCUT2D eigenvalue weighted by Gasteiger charge is 2.19. The molecule has 0 bridgehead atoms. The minimum absolute atomic E-state index is 0.0518. The second kappa shape index (κ2) is 11.6. The molecule has 1 aromatic heterocycles. The van der Waals surface area contributed by atoms with Crippen LogP contribution in [-0.2, 0) is 19.9 Å². The van der Waals surface area contributed by atoms with E-state index in [1.165, 1.54) is 6.92 Å². The van der Waals surface area contributed by atoms with Crippen molar-refractivity contribution < 1.29 is 23.8 Å². The van der Waals surface area contributed by atoms with Gasteiger partial charge >= 0.3 is 0 Å². The summed E-state index contributed by atoms with van der Waals surface area (Å²) >= 11 is 0. The molecule has 0 aliphatic carbocycles. The molecule has 0 atom stereocenters. The quantitative estimate of drug-likeness (QED) is 0.297. The van der Waals surface area contributed by atoms with Crippen molar-refractivity contribution in [3.8, 4) is 17.2 Å². The van der Waals surface area contributed by atoms with Gasteiger partial charge in [0.15, 0.2) is 17.3 Å². The van der Waals surface area contributed by atoms with Crippen molar-refractivity contribution in [1.29, 1.82) is 0 Å². The van der Waals surface area contributed by atoms with Gasteiger partial charge in [0.1, 0.15) is 5.75 Å². The normalized spacial score (nSPS) is 10.7. The fourth-order valence-corrected chi connectivity index (χ4v) is 4.21. The molecule has 0 saturated heterocycles. The average Bonchev–Trinajstić information content (AvgIpc) is 3.22. The van der Waals surface area contributed by atoms with Crippen LogP contribution in [0.3, 0.4) is 0 Å². The third-order valence-corrected chi connectivity index (χ3v) is 6.43. The number of Topliss-reactive ketones (excluding diaryl/α,β-unsaturated/α-hetero) is 1. The van der Waals surface area contributed by atoms with Crippen molar-refractivity contribution in [3.63, 3.8) is 0 Å². The molecule has 1 N–H and O–H groups in total. The van der Waals surface area contributed by atoms with Gasteiger partial charge in [0.2, 0.25) is 5.95 Å². The van der Waals surface area contributed by atoms with Crippen molar-refractivity contribution in [3.05, 3.63) is 100 Å². The second-order valence-corrected chi connectivity index (χ2v) is 8.87. The van der Waals surface area contributed by atoms with Gasteiger partial charge < -0.3 is 18.8 Å². The minimum atomic E-state index is -0.304. The molecule has 3 aromatic carbocycles. The summed E-state index contributed by atoms with van der Waals surface area (Å²) in [5.41, 5.74) is 4.87. The van der Waals surface area contributed by atoms with E-state index in [0.717, 1.165) is 28.3 Å². The van der Waals surface area contributed by atoms with E-state index in [1.807, 2.05) is 54.1 Å². The highest BCUT2D eigenvalue weighted by atomic mass is 16.5. The van der Waals surface area contributed by atoms with Gasteiger partial charge in [-0.3, -0.25) is 14.9 Å². The summed E-state index contributed by atoms with van der Waals surface area (Å²) in [5.74, 6) is 2.16. The second-order valence-electron chi connectivity index (χ2n) is 8.87. The van der Waals surface area contributed by atoms with E-state index < -0.39 is 0 Å². The fraction of sp³-hybridized carbons (Fsp3) is 0.233. The molecule has 196 valence electrons. The monoisotopic (exact) mass is 513 g/mol. The van der Waals surface area contributed by atoms with Crippen LogP contribution in [-0.4, -0.2) is 42.6 Å². The number of nitrogens with one attached hydrogen (secondary N) is 1. The molecule has 0 aliphatic heterocycles. The zero-order chi connectivity index (χ0) is 27.2. The topological polar surface area (TPSA) is 91.7 Å². The molecule has 1 heterocycles. The number of nitrogens with zero attached hydrogens (tertiary/aromatic N) is 2. The van der Waals surface area contributed by atoms with Crippen LogP contribution in [0.4, 0.5) is 5.95 Å². The van der Waals surface area contributed by atoms with E-state index in [4.69, 9.17) is 19.2 Å². The van der Waals surface area contributed by atoms with Crippen LogP contribution in [0.1, 0.15) is 50.2 Å². The molecule has 4 aromatic rings. The van der Waals surface area contributed by atoms with Crippen molar-refractivity contribution >= 4 is 17.6 Å². The summed E-state index contributed by atoms with van der Waals surface area (Å²) in [7, 11) is 6.73. The van der Waals surface area contributed by atoms with Crippen molar-refractivity contribution in [2.75, 3.05) is 26.6 Å². The van der Waals surface area contributed by atoms with E-state index >= 15 is 0 Å². The number of methoxy groups -OCH3 is 3. The molecule has 0 unspecified atom stereocenters. The summed E-state index contributed by atoms with van der Waals surface area (Å²) in [6, 6.07) is 20.2. The number of ketones is 1. The molecule has 0 spiro atoms. The maximum atomic E-state index is 13.0. The number of carbonyl (C=O) groups excluding carboxylic acids is 2. The summed E-state index contributed by atoms with van der Waals surface area (Å²) in [6.07, 6.45) is 1.14. The van der Waals surface area contributed by atoms with E-state index in [9.17, 15) is 9.59 Å². The van der Waals surface area contributed by atoms with Crippen LogP contribution >= 0.6 is 0 Å². The zero-order valence-corrected chi connectivity index (χ0v) is 22.2. The Kier molecular flexibility index (Phi) is 8.11. The Balaban J connectivity index is 1.66. The van der Waals surface area contributed by atoms with Gasteiger partial charge in [-0.2, -0.15) is 0 Å². The SMILES string of the molecule is COc1ccc(Cc2nc(NC(=O)c3ccc(C(C)=O)cc3)n(C)c2Cc2ccc(OC)c(OC)c2)cc1. The predicted molar refractivity (Wildman–Crippen MR) is 146 cm³/mol. The number of hydrogen-bond acceptors (Lipinski definition) is 6. The lowest BCUT2D eigenvalue weighted by atomic mass is 10.0. The molecule has 1 amide bonds. The van der Waals surface area contributed by atoms with Crippen molar-refractivity contribution in [2.45, 2.75) is 19.8 Å². The molecule has 38 heavy (non-hydrogen) atoms. The molecule has 0 fully saturated rings. The van der Waals surface area contributed by atoms with E-state index in [2.05, 4.69) is 5.32 Å². The van der Waals surface area contributed by atoms with E-state index in [-0.39, 0.29) is 11.7 Å². The number of benzene rings is 3. The summed E-state index contributed by atoms with van der Waals surface area (Å²) < 4.78 is 18.0. The standard InChI is InChI=1S/C30H31N3O5/c1-19(34)22-9-11-23(12-10-22)29(35)32-30-31-25(16-20-6-13-24(36-3)14-7-20)26(33(30)2)17-21-8-15-27(37-4)28(18-21)38-5/h6-15,18H,16-17H2,1-5H3,(H,31,32,35). The molecule has 0 radical (unpaired) electrons. The Morgan fingerprint density at radius 3 is 2.03 bits per heavy atom. The van der Waals surface area contributed by atoms with Crippen molar-refractivity contribution in [1.82, 2.24) is 9.55 Å². The molecule has 0 aliphatic rings. The number of carbonyl (C=O) groups is 2. The Morgan fingerprint density at radius 2 is 1.42 bits per heavy atom. The molecular weight excluding hydrogens is 482 g/mol. The maximum absolute atomic E-state index is 13.0. The van der Waals surface area contributed by atoms with Gasteiger partial charge in [-0.05, 0) is 54.4 Å². The fourth-order valence-electron chi connectivity index (χ4n) is 4.21. The summed E-state index contributed by atoms with van der Waals surface area (Å²) in [4.78, 5) is 29.4. The number of rotatable bonds is 10. The number of imidazole rings is 1. The van der Waals surface area contributed by atoms with Crippen LogP contribution in [0.5, 0.6) is 17.2 Å². The minimum Gasteiger partial charge on any atom is -0.497 e. The lowest BCUT2D eigenvalue weighted by Crippen LogP contribution is -2.15. The predicted octanol–water partition coefficient (Wildman–Crippen LogP) is 5.08. The maximum Gasteiger partial charge on any atom is 0.257 e. The highest BCUT2D eigenvalue weighted by Crippen LogP contribution is 2.30. The highest BCUT2D eigenvalue weighted by molar-refractivity contribution is 6.04. The number of anilines is 1. The van der Waals surface area contributed by atoms with Crippen LogP contribution in [0.2, 0.25) is 0 Å². The van der Waals surface area contributed by atoms with Gasteiger partial charge in [-0.15, -0.1) is 0 Å². The Morgan fingerprint density at radius 1 is 0.789 bits per heavy atom. The number of hydrogen-bond donors (Lipinski definition) is 1. The molecule has 0 saturated carbocycles. The van der Waals surface area contributed by atoms with Crippen LogP contribution in [0.15, 0.2) is 66.7 Å². The first-order valence-electron chi connectivity index (χ1n) is 12.1. The van der Waals surface area contributed by atoms with Gasteiger partial charge in [0, 0.05) is 36.7 Å². The van der Waals surface area contributed by atoms with E-state index in [0.29, 0.717) is 41.4 Å². The van der Waals surface area contributed by atoms with Crippen LogP contribution in [0, 0.1) is 0 Å². The Hall–Kier alpha value is -4.59. The molecule has 8 heteroatoms. The first-order chi connectivity index (χ1) is 18.3. The van der Waals surface area contributed by atoms with Crippen molar-refractivity contribution in [2.24, 2.45) is 7.05 Å². The largest absolute Gasteiger partial charge is 0.497 e. The number of amides is 1. The summed E-state index contributed by atoms with van der Waals surface area (Å²) in [6.45, 7) is 1.49. The van der Waals surface area contributed by atoms with Gasteiger partial charge in [0.05, 0.1) is 27.0 Å². The summed E-state index contributed by atoms with van der Waals surface area (Å²) in [5, 5.41) is 2.93. The lowest BCUT2D eigenvalue weighted by Gasteiger charge is -2.12. The molecular formula is C30H31N3O5. The molecule has 8 nitrogen and oxygen atoms in total. The molecule has 4 rings (SSSR count). The van der Waals surface area contributed by atoms with Gasteiger partial charge in [-0.1, -0.05) is 30.3 Å². The zero-order valence-electron chi connectivity index (χ0n) is 22.2. The Bertz CT molecular complexity index is 1440. The third kappa shape index (κ3) is 5.86. The number of ether oxygens (including phenoxy) is 3. The Labute approximate surface area is 222 Å². The van der Waals surface area contributed by atoms with Gasteiger partial charge in [0.25, 0.3) is 5.91 Å². The third-order valence-electron chi connectivity index (χ3n) is 6.43. The first kappa shape index (κ1) is 26.5. The smallest absolute Gasteiger partial charge is 0.257 e. The number of aromatic nitrogens is 2. The average molecular weight is 514 g/mol. The van der Waals surface area contributed by atoms with Crippen LogP contribution < -0.4 is 19.5 Å². The van der Waals surface area contributed by atoms with Crippen LogP contribution in [0.25, 0.3) is 0 Å². The first-order valence-corrected chi connectivity index (χ1v) is 12.1. The van der Waals surface area contributed by atoms with Gasteiger partial charge in [-0.25, -0.2) is 4.98 Å². The lowest BCUT2D eigenvalue weighted by molar-refractivity contribution is 0.100.